The fourth-order valence-electron chi connectivity index (χ4n) is 9.34. The van der Waals surface area contributed by atoms with Crippen molar-refractivity contribution in [2.75, 3.05) is 39.9 Å². The molecule has 0 aliphatic carbocycles. The average molecular weight is 706 g/mol. The molecule has 0 radical (unpaired) electrons. The van der Waals surface area contributed by atoms with E-state index in [1.807, 2.05) is 17.9 Å². The number of thioether (sulfide) groups is 1. The molecule has 50 heavy (non-hydrogen) atoms. The van der Waals surface area contributed by atoms with Gasteiger partial charge in [-0.15, -0.1) is 11.8 Å². The molecule has 1 spiro atoms. The summed E-state index contributed by atoms with van der Waals surface area (Å²) in [5.74, 6) is 1.27. The summed E-state index contributed by atoms with van der Waals surface area (Å²) in [7, 11) is 3.00. The van der Waals surface area contributed by atoms with Gasteiger partial charge >= 0.3 is 5.97 Å². The average Bonchev–Trinajstić information content (AvgIpc) is 3.60. The number of aryl methyl sites for hydroxylation is 1. The van der Waals surface area contributed by atoms with Gasteiger partial charge in [0, 0.05) is 40.6 Å². The van der Waals surface area contributed by atoms with Crippen LogP contribution in [0.3, 0.4) is 0 Å². The second-order valence-corrected chi connectivity index (χ2v) is 15.1. The Balaban J connectivity index is 1.28. The van der Waals surface area contributed by atoms with Crippen molar-refractivity contribution in [3.63, 3.8) is 0 Å². The van der Waals surface area contributed by atoms with Crippen molar-refractivity contribution in [1.29, 1.82) is 0 Å². The second-order valence-electron chi connectivity index (χ2n) is 13.9. The van der Waals surface area contributed by atoms with Crippen molar-refractivity contribution in [2.24, 2.45) is 0 Å². The number of aliphatic hydroxyl groups is 1. The zero-order valence-corrected chi connectivity index (χ0v) is 28.8. The molecule has 2 fully saturated rings. The summed E-state index contributed by atoms with van der Waals surface area (Å²) in [4.78, 5) is 16.5. The van der Waals surface area contributed by atoms with E-state index in [4.69, 9.17) is 23.7 Å². The number of ether oxygens (including phenoxy) is 5. The number of hydrogen-bond acceptors (Lipinski definition) is 14. The van der Waals surface area contributed by atoms with Gasteiger partial charge in [0.25, 0.3) is 0 Å². The van der Waals surface area contributed by atoms with Crippen LogP contribution in [0.4, 0.5) is 0 Å². The van der Waals surface area contributed by atoms with E-state index < -0.39 is 47.2 Å². The molecule has 4 bridgehead atoms. The number of esters is 1. The summed E-state index contributed by atoms with van der Waals surface area (Å²) in [5, 5.41) is 53.3. The largest absolute Gasteiger partial charge is 0.507 e. The lowest BCUT2D eigenvalue weighted by Gasteiger charge is -2.59. The number of nitrogens with one attached hydrogen (secondary N) is 2. The van der Waals surface area contributed by atoms with Gasteiger partial charge in [-0.3, -0.25) is 10.2 Å². The summed E-state index contributed by atoms with van der Waals surface area (Å²) in [5.41, 5.74) is 4.29. The first kappa shape index (κ1) is 31.9. The molecule has 2 unspecified atom stereocenters. The Hall–Kier alpha value is -4.08. The summed E-state index contributed by atoms with van der Waals surface area (Å²) in [6.07, 6.45) is 0.00351. The highest BCUT2D eigenvalue weighted by atomic mass is 32.2. The molecule has 6 N–H and O–H groups in total. The van der Waals surface area contributed by atoms with Crippen molar-refractivity contribution in [2.45, 2.75) is 67.9 Å². The lowest BCUT2D eigenvalue weighted by molar-refractivity contribution is -0.164. The van der Waals surface area contributed by atoms with Crippen LogP contribution in [0.25, 0.3) is 0 Å². The zero-order chi connectivity index (χ0) is 34.8. The van der Waals surface area contributed by atoms with Crippen LogP contribution < -0.4 is 29.6 Å². The molecule has 0 aromatic heterocycles. The molecule has 7 aliphatic heterocycles. The Morgan fingerprint density at radius 3 is 2.56 bits per heavy atom. The van der Waals surface area contributed by atoms with Crippen molar-refractivity contribution < 1.29 is 48.9 Å². The van der Waals surface area contributed by atoms with Crippen LogP contribution in [-0.4, -0.2) is 89.5 Å². The van der Waals surface area contributed by atoms with Gasteiger partial charge in [0.15, 0.2) is 40.0 Å². The molecule has 264 valence electrons. The molecule has 3 aromatic carbocycles. The van der Waals surface area contributed by atoms with Crippen LogP contribution in [0.1, 0.15) is 61.8 Å². The number of fused-ring (bicyclic) bond motifs is 9. The predicted molar refractivity (Wildman–Crippen MR) is 180 cm³/mol. The number of benzene rings is 3. The number of phenolic OH excluding ortho intramolecular Hbond substituents is 3. The van der Waals surface area contributed by atoms with Gasteiger partial charge in [0.2, 0.25) is 6.79 Å². The Morgan fingerprint density at radius 2 is 1.78 bits per heavy atom. The number of phenols is 3. The predicted octanol–water partition coefficient (Wildman–Crippen LogP) is 2.85. The van der Waals surface area contributed by atoms with E-state index in [2.05, 4.69) is 10.6 Å². The van der Waals surface area contributed by atoms with Crippen molar-refractivity contribution >= 4 is 17.7 Å². The number of piperazine rings is 1. The number of methoxy groups -OCH3 is 2. The van der Waals surface area contributed by atoms with Gasteiger partial charge in [0.1, 0.15) is 18.6 Å². The van der Waals surface area contributed by atoms with E-state index in [9.17, 15) is 25.2 Å². The van der Waals surface area contributed by atoms with Crippen molar-refractivity contribution in [3.8, 4) is 40.2 Å². The molecule has 13 nitrogen and oxygen atoms in total. The van der Waals surface area contributed by atoms with E-state index in [1.165, 1.54) is 26.0 Å². The lowest BCUT2D eigenvalue weighted by Crippen LogP contribution is -2.69. The normalized spacial score (nSPS) is 30.5. The third-order valence-corrected chi connectivity index (χ3v) is 13.0. The topological polar surface area (TPSA) is 171 Å². The Labute approximate surface area is 292 Å². The first-order valence-corrected chi connectivity index (χ1v) is 17.8. The maximum atomic E-state index is 14.5. The summed E-state index contributed by atoms with van der Waals surface area (Å²) in [6, 6.07) is 3.15. The van der Waals surface area contributed by atoms with E-state index in [0.29, 0.717) is 64.5 Å². The minimum atomic E-state index is -1.32. The van der Waals surface area contributed by atoms with Gasteiger partial charge in [-0.1, -0.05) is 6.07 Å². The quantitative estimate of drug-likeness (QED) is 0.215. The first-order chi connectivity index (χ1) is 24.1. The summed E-state index contributed by atoms with van der Waals surface area (Å²) >= 11 is 1.46. The number of rotatable bonds is 2. The smallest absolute Gasteiger partial charge is 0.331 e. The van der Waals surface area contributed by atoms with Gasteiger partial charge < -0.3 is 49.4 Å². The number of aliphatic hydroxyl groups excluding tert-OH is 1. The second kappa shape index (κ2) is 11.2. The molecule has 3 aromatic rings. The minimum Gasteiger partial charge on any atom is -0.507 e. The Kier molecular flexibility index (Phi) is 7.14. The third-order valence-electron chi connectivity index (χ3n) is 11.5. The van der Waals surface area contributed by atoms with E-state index in [0.717, 1.165) is 16.7 Å². The maximum absolute atomic E-state index is 14.5. The fourth-order valence-corrected chi connectivity index (χ4v) is 11.0. The van der Waals surface area contributed by atoms with Gasteiger partial charge in [-0.25, -0.2) is 4.79 Å². The fraction of sp³-hybridized carbons (Fsp3) is 0.472. The highest BCUT2D eigenvalue weighted by molar-refractivity contribution is 7.99. The van der Waals surface area contributed by atoms with Crippen LogP contribution in [0.2, 0.25) is 0 Å². The van der Waals surface area contributed by atoms with E-state index in [1.54, 1.807) is 19.1 Å². The highest BCUT2D eigenvalue weighted by Crippen LogP contribution is 2.63. The Morgan fingerprint density at radius 1 is 0.980 bits per heavy atom. The van der Waals surface area contributed by atoms with Crippen LogP contribution in [0.15, 0.2) is 18.2 Å². The SMILES string of the molecule is COc1cc2c(cc1O)CCN[C@]21CS[C@@H]2c3c(O)c(C)c4c(c3[C@H](COC1=O)N1C2C2N[C@@H](Cc3cc(C)c(OC)c(O)c32)[C@@H]1O)OCO4. The summed E-state index contributed by atoms with van der Waals surface area (Å²) in [6.45, 7) is 3.93. The van der Waals surface area contributed by atoms with Crippen LogP contribution in [0.5, 0.6) is 40.2 Å². The number of hydrogen-bond donors (Lipinski definition) is 6. The molecule has 7 atom stereocenters. The summed E-state index contributed by atoms with van der Waals surface area (Å²) < 4.78 is 29.4. The molecule has 7 heterocycles. The molecule has 0 amide bonds. The van der Waals surface area contributed by atoms with Crippen LogP contribution in [0, 0.1) is 13.8 Å². The number of carbonyl (C=O) groups excluding carboxylic acids is 1. The number of aromatic hydroxyl groups is 3. The maximum Gasteiger partial charge on any atom is 0.331 e. The molecule has 0 saturated carbocycles. The molecule has 7 aliphatic rings. The first-order valence-electron chi connectivity index (χ1n) is 16.8. The lowest BCUT2D eigenvalue weighted by atomic mass is 9.74. The standard InChI is InChI=1S/C36H39N3O10S/c1-14-7-17-8-19-34(43)39-20-11-47-35(44)36(18-10-22(45-3)21(40)9-16(18)5-6-37-36)12-50-33(27(39)26(38-19)23(17)29(42)30(14)46-4)25-24(20)32-31(48-13-49-32)15(2)28(25)41/h7,9-10,19-20,26-27,33-34,37-38,40-43H,5-6,8,11-13H2,1-4H3/t19-,20-,26?,27?,33+,34-,36+/m0/s1. The zero-order valence-electron chi connectivity index (χ0n) is 28.0. The number of nitrogens with zero attached hydrogens (tertiary/aromatic N) is 1. The molecular formula is C36H39N3O10S. The van der Waals surface area contributed by atoms with Crippen molar-refractivity contribution in [1.82, 2.24) is 15.5 Å². The minimum absolute atomic E-state index is 0.0115. The van der Waals surface area contributed by atoms with Crippen LogP contribution >= 0.6 is 11.8 Å². The van der Waals surface area contributed by atoms with Gasteiger partial charge in [-0.05, 0) is 61.1 Å². The Bertz CT molecular complexity index is 1970. The molecule has 2 saturated heterocycles. The van der Waals surface area contributed by atoms with Crippen LogP contribution in [-0.2, 0) is 27.9 Å². The number of carbonyl (C=O) groups is 1. The van der Waals surface area contributed by atoms with E-state index in [-0.39, 0.29) is 42.2 Å². The van der Waals surface area contributed by atoms with Gasteiger partial charge in [0.05, 0.1) is 37.6 Å². The molecule has 10 rings (SSSR count). The highest BCUT2D eigenvalue weighted by Gasteiger charge is 2.59. The van der Waals surface area contributed by atoms with Gasteiger partial charge in [-0.2, -0.15) is 0 Å². The van der Waals surface area contributed by atoms with Crippen molar-refractivity contribution in [3.05, 3.63) is 62.7 Å². The molecule has 14 heteroatoms. The monoisotopic (exact) mass is 705 g/mol. The third kappa shape index (κ3) is 4.13. The van der Waals surface area contributed by atoms with E-state index >= 15 is 0 Å². The molecular weight excluding hydrogens is 666 g/mol.